The predicted octanol–water partition coefficient (Wildman–Crippen LogP) is 4.84. The molecule has 0 aromatic heterocycles. The van der Waals surface area contributed by atoms with Crippen LogP contribution in [0.2, 0.25) is 0 Å². The quantitative estimate of drug-likeness (QED) is 0.664. The van der Waals surface area contributed by atoms with E-state index >= 15 is 0 Å². The minimum Gasteiger partial charge on any atom is -0.102 e. The van der Waals surface area contributed by atoms with Crippen molar-refractivity contribution >= 4 is 6.08 Å². The van der Waals surface area contributed by atoms with Crippen LogP contribution >= 0.6 is 0 Å². The molecule has 0 N–H and O–H groups in total. The zero-order valence-electron chi connectivity index (χ0n) is 10.7. The molecule has 1 atom stereocenters. The van der Waals surface area contributed by atoms with Gasteiger partial charge in [0.05, 0.1) is 0 Å². The van der Waals surface area contributed by atoms with Crippen LogP contribution in [0.1, 0.15) is 18.1 Å². The second-order valence-corrected chi connectivity index (χ2v) is 4.60. The molecule has 0 heterocycles. The summed E-state index contributed by atoms with van der Waals surface area (Å²) in [6.45, 7) is 6.15. The Morgan fingerprint density at radius 1 is 0.889 bits per heavy atom. The fraction of sp³-hybridized carbons (Fsp3) is 0.111. The third-order valence-electron chi connectivity index (χ3n) is 3.24. The van der Waals surface area contributed by atoms with Gasteiger partial charge in [-0.05, 0) is 18.1 Å². The van der Waals surface area contributed by atoms with Crippen LogP contribution in [-0.2, 0) is 5.41 Å². The zero-order valence-corrected chi connectivity index (χ0v) is 10.7. The Labute approximate surface area is 109 Å². The average molecular weight is 234 g/mol. The molecule has 2 aromatic carbocycles. The molecule has 0 aliphatic carbocycles. The van der Waals surface area contributed by atoms with Gasteiger partial charge in [0.15, 0.2) is 0 Å². The van der Waals surface area contributed by atoms with Gasteiger partial charge in [-0.15, -0.1) is 6.58 Å². The molecular weight excluding hydrogens is 216 g/mol. The molecule has 0 aliphatic heterocycles. The SMILES string of the molecule is C=CC(C)(/C=C/c1ccccc1)c1ccccc1. The van der Waals surface area contributed by atoms with Gasteiger partial charge in [0, 0.05) is 5.41 Å². The summed E-state index contributed by atoms with van der Waals surface area (Å²) in [6, 6.07) is 20.8. The molecule has 1 unspecified atom stereocenters. The predicted molar refractivity (Wildman–Crippen MR) is 79.5 cm³/mol. The average Bonchev–Trinajstić information content (AvgIpc) is 2.47. The van der Waals surface area contributed by atoms with Crippen molar-refractivity contribution < 1.29 is 0 Å². The lowest BCUT2D eigenvalue weighted by molar-refractivity contribution is 0.764. The number of allylic oxidation sites excluding steroid dienone is 2. The van der Waals surface area contributed by atoms with Crippen LogP contribution in [0.4, 0.5) is 0 Å². The molecule has 0 aliphatic rings. The first-order chi connectivity index (χ1) is 8.74. The van der Waals surface area contributed by atoms with Crippen LogP contribution in [0.25, 0.3) is 6.08 Å². The summed E-state index contributed by atoms with van der Waals surface area (Å²) in [5.41, 5.74) is 2.34. The fourth-order valence-corrected chi connectivity index (χ4v) is 1.91. The van der Waals surface area contributed by atoms with Gasteiger partial charge in [-0.3, -0.25) is 0 Å². The summed E-state index contributed by atoms with van der Waals surface area (Å²) < 4.78 is 0. The van der Waals surface area contributed by atoms with E-state index in [1.807, 2.05) is 30.3 Å². The summed E-state index contributed by atoms with van der Waals surface area (Å²) in [6.07, 6.45) is 6.33. The van der Waals surface area contributed by atoms with Gasteiger partial charge in [0.1, 0.15) is 0 Å². The van der Waals surface area contributed by atoms with Crippen molar-refractivity contribution in [2.75, 3.05) is 0 Å². The number of hydrogen-bond acceptors (Lipinski definition) is 0. The van der Waals surface area contributed by atoms with Crippen molar-refractivity contribution in [2.24, 2.45) is 0 Å². The molecule has 0 fully saturated rings. The van der Waals surface area contributed by atoms with E-state index in [1.54, 1.807) is 0 Å². The third kappa shape index (κ3) is 2.78. The Balaban J connectivity index is 2.29. The first-order valence-electron chi connectivity index (χ1n) is 6.18. The Kier molecular flexibility index (Phi) is 3.78. The Morgan fingerprint density at radius 2 is 1.44 bits per heavy atom. The lowest BCUT2D eigenvalue weighted by Crippen LogP contribution is -2.14. The molecule has 0 heteroatoms. The summed E-state index contributed by atoms with van der Waals surface area (Å²) >= 11 is 0. The second-order valence-electron chi connectivity index (χ2n) is 4.60. The minimum atomic E-state index is -0.128. The Hall–Kier alpha value is -2.08. The van der Waals surface area contributed by atoms with Gasteiger partial charge in [-0.1, -0.05) is 78.9 Å². The molecule has 90 valence electrons. The Morgan fingerprint density at radius 3 is 2.00 bits per heavy atom. The molecule has 0 spiro atoms. The Bertz CT molecular complexity index is 522. The van der Waals surface area contributed by atoms with Crippen molar-refractivity contribution in [2.45, 2.75) is 12.3 Å². The van der Waals surface area contributed by atoms with Crippen molar-refractivity contribution in [3.63, 3.8) is 0 Å². The standard InChI is InChI=1S/C18H18/c1-3-18(2,17-12-8-5-9-13-17)15-14-16-10-6-4-7-11-16/h3-15H,1H2,2H3/b15-14+. The van der Waals surface area contributed by atoms with Crippen LogP contribution in [0.3, 0.4) is 0 Å². The minimum absolute atomic E-state index is 0.128. The normalized spacial score (nSPS) is 14.3. The van der Waals surface area contributed by atoms with Gasteiger partial charge in [0.25, 0.3) is 0 Å². The first-order valence-corrected chi connectivity index (χ1v) is 6.18. The lowest BCUT2D eigenvalue weighted by atomic mass is 9.82. The number of rotatable bonds is 4. The monoisotopic (exact) mass is 234 g/mol. The smallest absolute Gasteiger partial charge is 0.0284 e. The van der Waals surface area contributed by atoms with E-state index in [0.29, 0.717) is 0 Å². The maximum Gasteiger partial charge on any atom is 0.0284 e. The molecule has 0 nitrogen and oxygen atoms in total. The first kappa shape index (κ1) is 12.4. The maximum absolute atomic E-state index is 3.97. The summed E-state index contributed by atoms with van der Waals surface area (Å²) in [5.74, 6) is 0. The zero-order chi connectivity index (χ0) is 12.8. The summed E-state index contributed by atoms with van der Waals surface area (Å²) in [5, 5.41) is 0. The van der Waals surface area contributed by atoms with E-state index in [4.69, 9.17) is 0 Å². The van der Waals surface area contributed by atoms with Gasteiger partial charge < -0.3 is 0 Å². The van der Waals surface area contributed by atoms with Gasteiger partial charge in [-0.25, -0.2) is 0 Å². The second kappa shape index (κ2) is 5.50. The topological polar surface area (TPSA) is 0 Å². The largest absolute Gasteiger partial charge is 0.102 e. The lowest BCUT2D eigenvalue weighted by Gasteiger charge is -2.22. The van der Waals surface area contributed by atoms with E-state index in [2.05, 4.69) is 62.1 Å². The highest BCUT2D eigenvalue weighted by molar-refractivity contribution is 5.53. The summed E-state index contributed by atoms with van der Waals surface area (Å²) in [4.78, 5) is 0. The third-order valence-corrected chi connectivity index (χ3v) is 3.24. The van der Waals surface area contributed by atoms with Crippen molar-refractivity contribution in [3.05, 3.63) is 90.5 Å². The molecule has 0 radical (unpaired) electrons. The highest BCUT2D eigenvalue weighted by Gasteiger charge is 2.18. The van der Waals surface area contributed by atoms with Gasteiger partial charge >= 0.3 is 0 Å². The van der Waals surface area contributed by atoms with Gasteiger partial charge in [0.2, 0.25) is 0 Å². The maximum atomic E-state index is 3.97. The van der Waals surface area contributed by atoms with E-state index < -0.39 is 0 Å². The molecule has 0 saturated heterocycles. The number of hydrogen-bond donors (Lipinski definition) is 0. The molecule has 0 saturated carbocycles. The van der Waals surface area contributed by atoms with Crippen LogP contribution in [0.5, 0.6) is 0 Å². The van der Waals surface area contributed by atoms with Crippen molar-refractivity contribution in [1.82, 2.24) is 0 Å². The molecule has 18 heavy (non-hydrogen) atoms. The number of benzene rings is 2. The molecule has 0 amide bonds. The van der Waals surface area contributed by atoms with E-state index in [-0.39, 0.29) is 5.41 Å². The highest BCUT2D eigenvalue weighted by atomic mass is 14.2. The van der Waals surface area contributed by atoms with Crippen LogP contribution in [0, 0.1) is 0 Å². The van der Waals surface area contributed by atoms with E-state index in [0.717, 1.165) is 0 Å². The van der Waals surface area contributed by atoms with E-state index in [1.165, 1.54) is 11.1 Å². The highest BCUT2D eigenvalue weighted by Crippen LogP contribution is 2.27. The van der Waals surface area contributed by atoms with Crippen molar-refractivity contribution in [1.29, 1.82) is 0 Å². The van der Waals surface area contributed by atoms with Crippen molar-refractivity contribution in [3.8, 4) is 0 Å². The van der Waals surface area contributed by atoms with Crippen LogP contribution < -0.4 is 0 Å². The van der Waals surface area contributed by atoms with Crippen LogP contribution in [0.15, 0.2) is 79.4 Å². The molecule has 0 bridgehead atoms. The van der Waals surface area contributed by atoms with E-state index in [9.17, 15) is 0 Å². The molecule has 2 aromatic rings. The molecular formula is C18H18. The van der Waals surface area contributed by atoms with Crippen LogP contribution in [-0.4, -0.2) is 0 Å². The van der Waals surface area contributed by atoms with Gasteiger partial charge in [-0.2, -0.15) is 0 Å². The summed E-state index contributed by atoms with van der Waals surface area (Å²) in [7, 11) is 0. The fourth-order valence-electron chi connectivity index (χ4n) is 1.91. The molecule has 2 rings (SSSR count).